The van der Waals surface area contributed by atoms with Gasteiger partial charge >= 0.3 is 18.4 Å². The normalized spacial score (nSPS) is 14.1. The molecule has 0 aliphatic heterocycles. The molecule has 1 aromatic carbocycles. The molecule has 0 unspecified atom stereocenters. The molecule has 296 valence electrons. The molecule has 3 N–H and O–H groups in total. The van der Waals surface area contributed by atoms with Gasteiger partial charge in [0.25, 0.3) is 5.91 Å². The van der Waals surface area contributed by atoms with Gasteiger partial charge in [0.15, 0.2) is 29.0 Å². The minimum atomic E-state index is -4.58. The Morgan fingerprint density at radius 2 is 1.47 bits per heavy atom. The van der Waals surface area contributed by atoms with Crippen molar-refractivity contribution < 1.29 is 44.7 Å². The van der Waals surface area contributed by atoms with Crippen LogP contribution >= 0.6 is 11.3 Å². The van der Waals surface area contributed by atoms with Gasteiger partial charge in [-0.15, -0.1) is 11.3 Å². The summed E-state index contributed by atoms with van der Waals surface area (Å²) in [6, 6.07) is 10.5. The third-order valence-electron chi connectivity index (χ3n) is 8.66. The molecule has 0 spiro atoms. The summed E-state index contributed by atoms with van der Waals surface area (Å²) in [7, 11) is 0. The Kier molecular flexibility index (Phi) is 10.5. The summed E-state index contributed by atoms with van der Waals surface area (Å²) in [5.41, 5.74) is 1.29. The molecular formula is C36H28F8N10O2S. The van der Waals surface area contributed by atoms with Gasteiger partial charge in [-0.25, -0.2) is 37.9 Å². The lowest BCUT2D eigenvalue weighted by molar-refractivity contribution is -0.143. The SMILES string of the molecule is Cc1ncsc1NC(=O)Nc1ccc(-n2nc(C3CC3)cc2C(F)(F)F)nc1.O=C(Nc1cccc(F)c1F)c1ccc(-n2nc(C(F)(F)F)cc2C2CC2)nc1. The van der Waals surface area contributed by atoms with Crippen LogP contribution in [-0.2, 0) is 12.4 Å². The van der Waals surface area contributed by atoms with Crippen molar-refractivity contribution in [3.05, 3.63) is 118 Å². The number of halogens is 8. The number of thiazole rings is 1. The molecule has 0 radical (unpaired) electrons. The van der Waals surface area contributed by atoms with E-state index >= 15 is 0 Å². The maximum atomic E-state index is 13.7. The first-order valence-corrected chi connectivity index (χ1v) is 17.9. The van der Waals surface area contributed by atoms with Crippen molar-refractivity contribution in [1.29, 1.82) is 0 Å². The van der Waals surface area contributed by atoms with E-state index in [4.69, 9.17) is 0 Å². The smallest absolute Gasteiger partial charge is 0.319 e. The zero-order valence-corrected chi connectivity index (χ0v) is 30.1. The molecule has 8 rings (SSSR count). The Balaban J connectivity index is 0.000000174. The Hall–Kier alpha value is -6.25. The molecule has 2 fully saturated rings. The van der Waals surface area contributed by atoms with Gasteiger partial charge in [-0.3, -0.25) is 10.1 Å². The fraction of sp³-hybridized carbons (Fsp3) is 0.250. The summed E-state index contributed by atoms with van der Waals surface area (Å²) in [6.45, 7) is 1.76. The number of aryl methyl sites for hydroxylation is 1. The molecule has 2 aliphatic rings. The van der Waals surface area contributed by atoms with E-state index in [0.29, 0.717) is 27.8 Å². The Labute approximate surface area is 321 Å². The number of pyridine rings is 2. The van der Waals surface area contributed by atoms with Gasteiger partial charge in [0.05, 0.1) is 40.0 Å². The lowest BCUT2D eigenvalue weighted by atomic mass is 10.2. The largest absolute Gasteiger partial charge is 0.435 e. The highest BCUT2D eigenvalue weighted by Gasteiger charge is 2.40. The molecule has 5 aromatic heterocycles. The maximum Gasteiger partial charge on any atom is 0.435 e. The average molecular weight is 817 g/mol. The van der Waals surface area contributed by atoms with Crippen LogP contribution in [0.1, 0.15) is 76.3 Å². The average Bonchev–Trinajstić information content (AvgIpc) is 4.07. The number of nitrogens with zero attached hydrogens (tertiary/aromatic N) is 7. The van der Waals surface area contributed by atoms with Crippen LogP contribution in [0, 0.1) is 18.6 Å². The number of alkyl halides is 6. The van der Waals surface area contributed by atoms with Crippen LogP contribution in [0.5, 0.6) is 0 Å². The zero-order valence-electron chi connectivity index (χ0n) is 29.3. The second-order valence-electron chi connectivity index (χ2n) is 13.0. The fourth-order valence-corrected chi connectivity index (χ4v) is 6.15. The van der Waals surface area contributed by atoms with Gasteiger partial charge in [0.2, 0.25) is 0 Å². The van der Waals surface area contributed by atoms with E-state index in [9.17, 15) is 44.7 Å². The second kappa shape index (κ2) is 15.4. The van der Waals surface area contributed by atoms with Gasteiger partial charge in [0.1, 0.15) is 10.7 Å². The van der Waals surface area contributed by atoms with Gasteiger partial charge in [-0.05, 0) is 81.1 Å². The molecular weight excluding hydrogens is 789 g/mol. The third kappa shape index (κ3) is 9.08. The minimum Gasteiger partial charge on any atom is -0.319 e. The lowest BCUT2D eigenvalue weighted by Crippen LogP contribution is -2.19. The molecule has 12 nitrogen and oxygen atoms in total. The van der Waals surface area contributed by atoms with Gasteiger partial charge in [-0.1, -0.05) is 6.07 Å². The Morgan fingerprint density at radius 3 is 2.07 bits per heavy atom. The van der Waals surface area contributed by atoms with E-state index < -0.39 is 47.3 Å². The molecule has 0 bridgehead atoms. The van der Waals surface area contributed by atoms with Crippen molar-refractivity contribution in [3.63, 3.8) is 0 Å². The van der Waals surface area contributed by atoms with Crippen molar-refractivity contribution in [2.75, 3.05) is 16.0 Å². The van der Waals surface area contributed by atoms with E-state index in [1.54, 1.807) is 12.4 Å². The first-order valence-electron chi connectivity index (χ1n) is 17.1. The zero-order chi connectivity index (χ0) is 40.6. The predicted octanol–water partition coefficient (Wildman–Crippen LogP) is 9.27. The number of aromatic nitrogens is 7. The van der Waals surface area contributed by atoms with Crippen LogP contribution in [-0.4, -0.2) is 46.5 Å². The molecule has 2 aliphatic carbocycles. The minimum absolute atomic E-state index is 0.0145. The van der Waals surface area contributed by atoms with Crippen molar-refractivity contribution in [1.82, 2.24) is 34.5 Å². The number of urea groups is 1. The number of nitrogens with one attached hydrogen (secondary N) is 3. The van der Waals surface area contributed by atoms with Gasteiger partial charge in [-0.2, -0.15) is 36.5 Å². The second-order valence-corrected chi connectivity index (χ2v) is 13.8. The van der Waals surface area contributed by atoms with E-state index in [1.165, 1.54) is 53.9 Å². The molecule has 6 aromatic rings. The summed E-state index contributed by atoms with van der Waals surface area (Å²) < 4.78 is 108. The lowest BCUT2D eigenvalue weighted by Gasteiger charge is -2.10. The number of amides is 3. The van der Waals surface area contributed by atoms with Gasteiger partial charge < -0.3 is 10.6 Å². The van der Waals surface area contributed by atoms with Crippen molar-refractivity contribution in [3.8, 4) is 11.6 Å². The number of anilines is 3. The van der Waals surface area contributed by atoms with E-state index in [0.717, 1.165) is 59.4 Å². The van der Waals surface area contributed by atoms with Crippen LogP contribution < -0.4 is 16.0 Å². The van der Waals surface area contributed by atoms with Crippen LogP contribution in [0.3, 0.4) is 0 Å². The first kappa shape index (κ1) is 39.0. The maximum absolute atomic E-state index is 13.7. The highest BCUT2D eigenvalue weighted by molar-refractivity contribution is 7.14. The topological polar surface area (TPSA) is 145 Å². The van der Waals surface area contributed by atoms with E-state index in [-0.39, 0.29) is 34.7 Å². The highest BCUT2D eigenvalue weighted by Crippen LogP contribution is 2.43. The third-order valence-corrected chi connectivity index (χ3v) is 9.50. The van der Waals surface area contributed by atoms with Crippen molar-refractivity contribution in [2.45, 2.75) is 56.8 Å². The van der Waals surface area contributed by atoms with E-state index in [2.05, 4.69) is 41.1 Å². The van der Waals surface area contributed by atoms with Crippen LogP contribution in [0.4, 0.5) is 56.3 Å². The molecule has 2 saturated carbocycles. The number of hydrogen-bond donors (Lipinski definition) is 3. The molecule has 57 heavy (non-hydrogen) atoms. The summed E-state index contributed by atoms with van der Waals surface area (Å²) in [4.78, 5) is 36.3. The monoisotopic (exact) mass is 816 g/mol. The van der Waals surface area contributed by atoms with Gasteiger partial charge in [0, 0.05) is 23.7 Å². The van der Waals surface area contributed by atoms with Crippen LogP contribution in [0.25, 0.3) is 11.6 Å². The predicted molar refractivity (Wildman–Crippen MR) is 190 cm³/mol. The summed E-state index contributed by atoms with van der Waals surface area (Å²) in [5, 5.41) is 15.8. The fourth-order valence-electron chi connectivity index (χ4n) is 5.46. The molecule has 0 atom stereocenters. The number of hydrogen-bond acceptors (Lipinski definition) is 8. The van der Waals surface area contributed by atoms with Crippen molar-refractivity contribution >= 4 is 39.7 Å². The molecule has 21 heteroatoms. The van der Waals surface area contributed by atoms with E-state index in [1.807, 2.05) is 0 Å². The highest BCUT2D eigenvalue weighted by atomic mass is 32.1. The molecule has 0 saturated heterocycles. The number of benzene rings is 1. The molecule has 3 amide bonds. The van der Waals surface area contributed by atoms with Crippen LogP contribution in [0.2, 0.25) is 0 Å². The van der Waals surface area contributed by atoms with Crippen molar-refractivity contribution in [2.24, 2.45) is 0 Å². The number of carbonyl (C=O) groups is 2. The molecule has 5 heterocycles. The quantitative estimate of drug-likeness (QED) is 0.130. The van der Waals surface area contributed by atoms with Crippen LogP contribution in [0.15, 0.2) is 72.5 Å². The Bertz CT molecular complexity index is 2420. The Morgan fingerprint density at radius 1 is 0.772 bits per heavy atom. The number of rotatable bonds is 8. The number of carbonyl (C=O) groups excluding carboxylic acids is 2. The first-order chi connectivity index (χ1) is 27.0. The summed E-state index contributed by atoms with van der Waals surface area (Å²) >= 11 is 1.28. The summed E-state index contributed by atoms with van der Waals surface area (Å²) in [6.07, 6.45) is -3.47. The summed E-state index contributed by atoms with van der Waals surface area (Å²) in [5.74, 6) is -2.83. The standard InChI is InChI=1S/C19H13F5N4O.C17H15F3N6OS/c20-12-2-1-3-13(17(12)21)26-18(29)11-6-7-16(25-9-11)28-14(10-4-5-10)8-15(27-28)19(22,23)24;1-9-15(28-8-22-9)24-16(27)23-11-4-5-14(21-7-11)26-13(17(18,19)20)6-12(25-26)10-2-3-10/h1-3,6-10H,4-5H2,(H,26,29);4-8,10H,2-3H2,1H3,(H2,23,24,27).